The Morgan fingerprint density at radius 2 is 1.44 bits per heavy atom. The first kappa shape index (κ1) is 13.0. The molecule has 2 unspecified atom stereocenters. The first-order valence-electron chi connectivity index (χ1n) is 5.79. The molecule has 1 fully saturated rings. The van der Waals surface area contributed by atoms with Crippen LogP contribution in [0.25, 0.3) is 0 Å². The minimum Gasteiger partial charge on any atom is -0.313 e. The molecule has 0 amide bonds. The maximum Gasteiger partial charge on any atom is 0.0719 e. The van der Waals surface area contributed by atoms with Gasteiger partial charge in [0.05, 0.1) is 29.6 Å². The lowest BCUT2D eigenvalue weighted by Gasteiger charge is -2.52. The molecule has 4 heteroatoms. The van der Waals surface area contributed by atoms with E-state index in [-0.39, 0.29) is 11.8 Å². The van der Waals surface area contributed by atoms with Crippen LogP contribution < -0.4 is 11.5 Å². The Morgan fingerprint density at radius 3 is 1.81 bits per heavy atom. The number of rotatable bonds is 2. The fraction of sp³-hybridized carbons (Fsp3) is 0.833. The molecular weight excluding hydrogens is 200 g/mol. The summed E-state index contributed by atoms with van der Waals surface area (Å²) in [6.45, 7) is 3.65. The summed E-state index contributed by atoms with van der Waals surface area (Å²) in [5.74, 6) is -0.588. The second kappa shape index (κ2) is 4.41. The van der Waals surface area contributed by atoms with Gasteiger partial charge in [-0.25, -0.2) is 0 Å². The van der Waals surface area contributed by atoms with E-state index in [1.807, 2.05) is 13.8 Å². The molecule has 0 spiro atoms. The van der Waals surface area contributed by atoms with E-state index in [9.17, 15) is 0 Å². The molecule has 1 aliphatic carbocycles. The zero-order valence-corrected chi connectivity index (χ0v) is 10.0. The number of hydrogen-bond acceptors (Lipinski definition) is 4. The average molecular weight is 220 g/mol. The molecule has 0 bridgehead atoms. The van der Waals surface area contributed by atoms with Crippen molar-refractivity contribution in [3.05, 3.63) is 0 Å². The molecule has 0 radical (unpaired) electrons. The van der Waals surface area contributed by atoms with Gasteiger partial charge in [-0.2, -0.15) is 10.5 Å². The van der Waals surface area contributed by atoms with Gasteiger partial charge >= 0.3 is 0 Å². The summed E-state index contributed by atoms with van der Waals surface area (Å²) >= 11 is 0. The monoisotopic (exact) mass is 220 g/mol. The van der Waals surface area contributed by atoms with Gasteiger partial charge in [0.2, 0.25) is 0 Å². The lowest BCUT2D eigenvalue weighted by molar-refractivity contribution is -0.00175. The summed E-state index contributed by atoms with van der Waals surface area (Å²) in [6, 6.07) is 4.47. The van der Waals surface area contributed by atoms with Crippen molar-refractivity contribution in [2.75, 3.05) is 0 Å². The molecule has 0 saturated heterocycles. The molecule has 2 atom stereocenters. The Balaban J connectivity index is 3.23. The van der Waals surface area contributed by atoms with Crippen LogP contribution in [0.5, 0.6) is 0 Å². The van der Waals surface area contributed by atoms with Crippen LogP contribution in [-0.4, -0.2) is 5.66 Å². The number of hydrogen-bond donors (Lipinski definition) is 2. The Hall–Kier alpha value is -1.10. The second-order valence-electron chi connectivity index (χ2n) is 4.99. The first-order valence-corrected chi connectivity index (χ1v) is 5.79. The maximum absolute atomic E-state index is 9.16. The average Bonchev–Trinajstić information content (AvgIpc) is 2.26. The topological polar surface area (TPSA) is 99.6 Å². The van der Waals surface area contributed by atoms with Gasteiger partial charge in [-0.1, -0.05) is 12.8 Å². The van der Waals surface area contributed by atoms with Gasteiger partial charge < -0.3 is 11.5 Å². The number of nitrogens with two attached hydrogens (primary N) is 2. The quantitative estimate of drug-likeness (QED) is 0.688. The molecule has 0 heterocycles. The lowest BCUT2D eigenvalue weighted by Crippen LogP contribution is -2.68. The molecule has 1 aliphatic rings. The Morgan fingerprint density at radius 1 is 1.00 bits per heavy atom. The van der Waals surface area contributed by atoms with Crippen molar-refractivity contribution in [2.24, 2.45) is 28.7 Å². The van der Waals surface area contributed by atoms with Crippen molar-refractivity contribution in [1.82, 2.24) is 0 Å². The van der Waals surface area contributed by atoms with Crippen molar-refractivity contribution < 1.29 is 0 Å². The van der Waals surface area contributed by atoms with Gasteiger partial charge in [-0.05, 0) is 26.7 Å². The molecule has 0 aliphatic heterocycles. The summed E-state index contributed by atoms with van der Waals surface area (Å²) in [5, 5.41) is 18.3. The maximum atomic E-state index is 9.16. The minimum atomic E-state index is -0.907. The van der Waals surface area contributed by atoms with Crippen molar-refractivity contribution in [3.63, 3.8) is 0 Å². The minimum absolute atomic E-state index is 0.294. The summed E-state index contributed by atoms with van der Waals surface area (Å²) in [7, 11) is 0. The molecule has 16 heavy (non-hydrogen) atoms. The van der Waals surface area contributed by atoms with Gasteiger partial charge in [0, 0.05) is 5.41 Å². The number of nitrogens with zero attached hydrogens (tertiary/aromatic N) is 2. The third kappa shape index (κ3) is 1.69. The Bertz CT molecular complexity index is 314. The molecule has 1 saturated carbocycles. The van der Waals surface area contributed by atoms with Crippen LogP contribution in [0.1, 0.15) is 39.5 Å². The summed E-state index contributed by atoms with van der Waals surface area (Å²) in [5.41, 5.74) is 10.9. The third-order valence-electron chi connectivity index (χ3n) is 4.23. The van der Waals surface area contributed by atoms with Crippen LogP contribution >= 0.6 is 0 Å². The van der Waals surface area contributed by atoms with Crippen LogP contribution in [0, 0.1) is 39.9 Å². The van der Waals surface area contributed by atoms with E-state index < -0.39 is 11.1 Å². The lowest BCUT2D eigenvalue weighted by atomic mass is 9.55. The SMILES string of the molecule is CC(C#N)C1(C(C)C#N)CCCCC1(N)N. The van der Waals surface area contributed by atoms with Crippen LogP contribution in [0.3, 0.4) is 0 Å². The molecule has 0 aromatic heterocycles. The van der Waals surface area contributed by atoms with Crippen LogP contribution in [0.4, 0.5) is 0 Å². The highest BCUT2D eigenvalue weighted by atomic mass is 15.0. The highest BCUT2D eigenvalue weighted by molar-refractivity contribution is 5.14. The molecule has 1 rings (SSSR count). The van der Waals surface area contributed by atoms with Crippen molar-refractivity contribution in [2.45, 2.75) is 45.2 Å². The fourth-order valence-electron chi connectivity index (χ4n) is 3.15. The molecule has 0 aromatic carbocycles. The molecule has 0 aromatic rings. The molecule has 88 valence electrons. The first-order chi connectivity index (χ1) is 7.42. The molecule has 4 nitrogen and oxygen atoms in total. The predicted octanol–water partition coefficient (Wildman–Crippen LogP) is 1.48. The zero-order chi connectivity index (χ0) is 12.4. The largest absolute Gasteiger partial charge is 0.313 e. The van der Waals surface area contributed by atoms with E-state index in [4.69, 9.17) is 22.0 Å². The van der Waals surface area contributed by atoms with Crippen molar-refractivity contribution in [1.29, 1.82) is 10.5 Å². The van der Waals surface area contributed by atoms with Crippen molar-refractivity contribution in [3.8, 4) is 12.1 Å². The summed E-state index contributed by atoms with van der Waals surface area (Å²) in [6.07, 6.45) is 3.42. The van der Waals surface area contributed by atoms with E-state index in [1.54, 1.807) is 0 Å². The van der Waals surface area contributed by atoms with Crippen LogP contribution in [-0.2, 0) is 0 Å². The van der Waals surface area contributed by atoms with Crippen molar-refractivity contribution >= 4 is 0 Å². The van der Waals surface area contributed by atoms with Gasteiger partial charge in [0.15, 0.2) is 0 Å². The predicted molar refractivity (Wildman–Crippen MR) is 61.6 cm³/mol. The van der Waals surface area contributed by atoms with Crippen LogP contribution in [0.15, 0.2) is 0 Å². The third-order valence-corrected chi connectivity index (χ3v) is 4.23. The van der Waals surface area contributed by atoms with E-state index in [0.717, 1.165) is 19.3 Å². The van der Waals surface area contributed by atoms with Crippen LogP contribution in [0.2, 0.25) is 0 Å². The fourth-order valence-corrected chi connectivity index (χ4v) is 3.15. The smallest absolute Gasteiger partial charge is 0.0719 e. The summed E-state index contributed by atoms with van der Waals surface area (Å²) < 4.78 is 0. The van der Waals surface area contributed by atoms with E-state index in [1.165, 1.54) is 0 Å². The standard InChI is InChI=1S/C12H20N4/c1-9(7-13)11(10(2)8-14)5-3-4-6-12(11,15)16/h9-10H,3-6,15-16H2,1-2H3. The van der Waals surface area contributed by atoms with Gasteiger partial charge in [-0.15, -0.1) is 0 Å². The van der Waals surface area contributed by atoms with Gasteiger partial charge in [0.1, 0.15) is 0 Å². The van der Waals surface area contributed by atoms with E-state index >= 15 is 0 Å². The highest BCUT2D eigenvalue weighted by Gasteiger charge is 2.55. The van der Waals surface area contributed by atoms with Gasteiger partial charge in [-0.3, -0.25) is 0 Å². The Kier molecular flexibility index (Phi) is 3.57. The molecule has 4 N–H and O–H groups in total. The number of nitriles is 2. The Labute approximate surface area is 97.2 Å². The van der Waals surface area contributed by atoms with E-state index in [2.05, 4.69) is 12.1 Å². The zero-order valence-electron chi connectivity index (χ0n) is 10.0. The van der Waals surface area contributed by atoms with Gasteiger partial charge in [0.25, 0.3) is 0 Å². The second-order valence-corrected chi connectivity index (χ2v) is 4.99. The highest BCUT2D eigenvalue weighted by Crippen LogP contribution is 2.50. The van der Waals surface area contributed by atoms with E-state index in [0.29, 0.717) is 6.42 Å². The molecular formula is C12H20N4. The normalized spacial score (nSPS) is 32.1. The summed E-state index contributed by atoms with van der Waals surface area (Å²) in [4.78, 5) is 0.